The molecule has 3 nitrogen and oxygen atoms in total. The van der Waals surface area contributed by atoms with Crippen LogP contribution in [0.1, 0.15) is 28.6 Å². The van der Waals surface area contributed by atoms with Gasteiger partial charge < -0.3 is 10.4 Å². The fourth-order valence-corrected chi connectivity index (χ4v) is 1.99. The summed E-state index contributed by atoms with van der Waals surface area (Å²) < 4.78 is 0. The number of aliphatic hydroxyl groups is 1. The highest BCUT2D eigenvalue weighted by Gasteiger charge is 2.12. The Morgan fingerprint density at radius 3 is 2.93 bits per heavy atom. The van der Waals surface area contributed by atoms with Gasteiger partial charge in [0.05, 0.1) is 4.88 Å². The van der Waals surface area contributed by atoms with Crippen LogP contribution in [-0.4, -0.2) is 23.7 Å². The molecule has 0 aliphatic rings. The van der Waals surface area contributed by atoms with Crippen LogP contribution in [0.5, 0.6) is 0 Å². The summed E-state index contributed by atoms with van der Waals surface area (Å²) in [5, 5.41) is 13.4. The van der Waals surface area contributed by atoms with Gasteiger partial charge >= 0.3 is 0 Å². The SMILES string of the molecule is Cc1ccsc1C(=O)N[C@H](C)CCO. The summed E-state index contributed by atoms with van der Waals surface area (Å²) in [6.45, 7) is 3.91. The third kappa shape index (κ3) is 2.82. The number of carbonyl (C=O) groups excluding carboxylic acids is 1. The van der Waals surface area contributed by atoms with Crippen LogP contribution in [0.25, 0.3) is 0 Å². The van der Waals surface area contributed by atoms with Gasteiger partial charge in [-0.05, 0) is 37.3 Å². The van der Waals surface area contributed by atoms with E-state index in [0.29, 0.717) is 6.42 Å². The van der Waals surface area contributed by atoms with E-state index in [0.717, 1.165) is 10.4 Å². The maximum atomic E-state index is 11.6. The second-order valence-corrected chi connectivity index (χ2v) is 4.24. The molecule has 1 aromatic rings. The molecule has 0 saturated heterocycles. The van der Waals surface area contributed by atoms with Crippen LogP contribution in [-0.2, 0) is 0 Å². The Bertz CT molecular complexity index is 309. The zero-order valence-electron chi connectivity index (χ0n) is 8.41. The largest absolute Gasteiger partial charge is 0.396 e. The number of hydrogen-bond donors (Lipinski definition) is 2. The predicted octanol–water partition coefficient (Wildman–Crippen LogP) is 1.56. The van der Waals surface area contributed by atoms with Gasteiger partial charge in [-0.15, -0.1) is 11.3 Å². The van der Waals surface area contributed by atoms with Crippen LogP contribution < -0.4 is 5.32 Å². The molecule has 0 spiro atoms. The number of aliphatic hydroxyl groups excluding tert-OH is 1. The van der Waals surface area contributed by atoms with Gasteiger partial charge in [0.1, 0.15) is 0 Å². The van der Waals surface area contributed by atoms with Crippen molar-refractivity contribution < 1.29 is 9.90 Å². The topological polar surface area (TPSA) is 49.3 Å². The highest BCUT2D eigenvalue weighted by Crippen LogP contribution is 2.15. The normalized spacial score (nSPS) is 12.5. The van der Waals surface area contributed by atoms with E-state index in [2.05, 4.69) is 5.32 Å². The van der Waals surface area contributed by atoms with Gasteiger partial charge in [0.2, 0.25) is 0 Å². The van der Waals surface area contributed by atoms with Gasteiger partial charge in [0.25, 0.3) is 5.91 Å². The number of rotatable bonds is 4. The summed E-state index contributed by atoms with van der Waals surface area (Å²) in [7, 11) is 0. The monoisotopic (exact) mass is 213 g/mol. The van der Waals surface area contributed by atoms with Crippen molar-refractivity contribution in [2.75, 3.05) is 6.61 Å². The van der Waals surface area contributed by atoms with Gasteiger partial charge in [-0.1, -0.05) is 0 Å². The molecule has 0 unspecified atom stereocenters. The smallest absolute Gasteiger partial charge is 0.261 e. The van der Waals surface area contributed by atoms with Crippen LogP contribution in [0.2, 0.25) is 0 Å². The highest BCUT2D eigenvalue weighted by molar-refractivity contribution is 7.12. The number of thiophene rings is 1. The van der Waals surface area contributed by atoms with E-state index in [1.54, 1.807) is 0 Å². The third-order valence-electron chi connectivity index (χ3n) is 2.01. The second-order valence-electron chi connectivity index (χ2n) is 3.32. The lowest BCUT2D eigenvalue weighted by Gasteiger charge is -2.11. The maximum Gasteiger partial charge on any atom is 0.261 e. The molecule has 0 fully saturated rings. The summed E-state index contributed by atoms with van der Waals surface area (Å²) in [5.74, 6) is -0.0431. The Labute approximate surface area is 87.8 Å². The number of amides is 1. The minimum Gasteiger partial charge on any atom is -0.396 e. The molecule has 1 heterocycles. The Balaban J connectivity index is 2.55. The Morgan fingerprint density at radius 1 is 1.71 bits per heavy atom. The van der Waals surface area contributed by atoms with Gasteiger partial charge in [0, 0.05) is 12.6 Å². The van der Waals surface area contributed by atoms with E-state index in [9.17, 15) is 4.79 Å². The number of aryl methyl sites for hydroxylation is 1. The summed E-state index contributed by atoms with van der Waals surface area (Å²) >= 11 is 1.44. The van der Waals surface area contributed by atoms with E-state index in [4.69, 9.17) is 5.11 Å². The number of hydrogen-bond acceptors (Lipinski definition) is 3. The van der Waals surface area contributed by atoms with Crippen molar-refractivity contribution in [1.29, 1.82) is 0 Å². The first-order chi connectivity index (χ1) is 6.65. The molecule has 78 valence electrons. The zero-order valence-corrected chi connectivity index (χ0v) is 9.23. The first kappa shape index (κ1) is 11.2. The van der Waals surface area contributed by atoms with E-state index in [-0.39, 0.29) is 18.6 Å². The summed E-state index contributed by atoms with van der Waals surface area (Å²) in [5.41, 5.74) is 1.00. The van der Waals surface area contributed by atoms with E-state index < -0.39 is 0 Å². The summed E-state index contributed by atoms with van der Waals surface area (Å²) in [6, 6.07) is 1.95. The van der Waals surface area contributed by atoms with Crippen LogP contribution in [0.15, 0.2) is 11.4 Å². The van der Waals surface area contributed by atoms with Crippen LogP contribution >= 0.6 is 11.3 Å². The average Bonchev–Trinajstić information content (AvgIpc) is 2.51. The first-order valence-corrected chi connectivity index (χ1v) is 5.49. The molecule has 1 aromatic heterocycles. The molecule has 14 heavy (non-hydrogen) atoms. The standard InChI is InChI=1S/C10H15NO2S/c1-7-4-6-14-9(7)10(13)11-8(2)3-5-12/h4,6,8,12H,3,5H2,1-2H3,(H,11,13)/t8-/m1/s1. The molecular weight excluding hydrogens is 198 g/mol. The molecule has 0 bridgehead atoms. The minimum absolute atomic E-state index is 0.0222. The lowest BCUT2D eigenvalue weighted by Crippen LogP contribution is -2.32. The van der Waals surface area contributed by atoms with E-state index in [1.807, 2.05) is 25.3 Å². The third-order valence-corrected chi connectivity index (χ3v) is 3.02. The molecular formula is C10H15NO2S. The van der Waals surface area contributed by atoms with Crippen molar-refractivity contribution in [2.45, 2.75) is 26.3 Å². The molecule has 4 heteroatoms. The fourth-order valence-electron chi connectivity index (χ4n) is 1.16. The zero-order chi connectivity index (χ0) is 10.6. The van der Waals surface area contributed by atoms with Gasteiger partial charge in [-0.25, -0.2) is 0 Å². The van der Waals surface area contributed by atoms with Crippen molar-refractivity contribution >= 4 is 17.2 Å². The lowest BCUT2D eigenvalue weighted by atomic mass is 10.2. The van der Waals surface area contributed by atoms with Gasteiger partial charge in [0.15, 0.2) is 0 Å². The highest BCUT2D eigenvalue weighted by atomic mass is 32.1. The predicted molar refractivity (Wildman–Crippen MR) is 57.7 cm³/mol. The number of nitrogens with one attached hydrogen (secondary N) is 1. The summed E-state index contributed by atoms with van der Waals surface area (Å²) in [4.78, 5) is 12.4. The summed E-state index contributed by atoms with van der Waals surface area (Å²) in [6.07, 6.45) is 0.593. The molecule has 0 aliphatic heterocycles. The number of carbonyl (C=O) groups is 1. The fraction of sp³-hybridized carbons (Fsp3) is 0.500. The van der Waals surface area contributed by atoms with Crippen molar-refractivity contribution in [2.24, 2.45) is 0 Å². The molecule has 0 radical (unpaired) electrons. The van der Waals surface area contributed by atoms with Gasteiger partial charge in [-0.2, -0.15) is 0 Å². The second kappa shape index (κ2) is 5.12. The van der Waals surface area contributed by atoms with Crippen molar-refractivity contribution in [1.82, 2.24) is 5.32 Å². The van der Waals surface area contributed by atoms with Gasteiger partial charge in [-0.3, -0.25) is 4.79 Å². The van der Waals surface area contributed by atoms with Crippen molar-refractivity contribution in [3.63, 3.8) is 0 Å². The Kier molecular flexibility index (Phi) is 4.10. The van der Waals surface area contributed by atoms with Crippen molar-refractivity contribution in [3.05, 3.63) is 21.9 Å². The quantitative estimate of drug-likeness (QED) is 0.797. The Hall–Kier alpha value is -0.870. The first-order valence-electron chi connectivity index (χ1n) is 4.61. The maximum absolute atomic E-state index is 11.6. The molecule has 1 amide bonds. The molecule has 1 rings (SSSR count). The van der Waals surface area contributed by atoms with Crippen LogP contribution in [0, 0.1) is 6.92 Å². The molecule has 0 aliphatic carbocycles. The molecule has 0 saturated carbocycles. The minimum atomic E-state index is -0.0431. The van der Waals surface area contributed by atoms with Crippen LogP contribution in [0.3, 0.4) is 0 Å². The van der Waals surface area contributed by atoms with Crippen molar-refractivity contribution in [3.8, 4) is 0 Å². The lowest BCUT2D eigenvalue weighted by molar-refractivity contribution is 0.0938. The van der Waals surface area contributed by atoms with E-state index >= 15 is 0 Å². The molecule has 1 atom stereocenters. The molecule has 2 N–H and O–H groups in total. The average molecular weight is 213 g/mol. The van der Waals surface area contributed by atoms with Crippen LogP contribution in [0.4, 0.5) is 0 Å². The molecule has 0 aromatic carbocycles. The van der Waals surface area contributed by atoms with E-state index in [1.165, 1.54) is 11.3 Å². The Morgan fingerprint density at radius 2 is 2.43 bits per heavy atom.